The minimum Gasteiger partial charge on any atom is -0.449 e. The van der Waals surface area contributed by atoms with Gasteiger partial charge in [0.15, 0.2) is 0 Å². The number of benzene rings is 1. The molecule has 78 valence electrons. The highest BCUT2D eigenvalue weighted by molar-refractivity contribution is 5.79. The minimum absolute atomic E-state index is 0.321. The van der Waals surface area contributed by atoms with E-state index in [1.54, 1.807) is 0 Å². The third-order valence-electron chi connectivity index (χ3n) is 2.25. The van der Waals surface area contributed by atoms with Crippen LogP contribution >= 0.6 is 0 Å². The fraction of sp³-hybridized carbons (Fsp3) is 0.182. The molecule has 1 aromatic heterocycles. The van der Waals surface area contributed by atoms with Crippen molar-refractivity contribution in [2.45, 2.75) is 6.42 Å². The highest BCUT2D eigenvalue weighted by atomic mass is 16.5. The summed E-state index contributed by atoms with van der Waals surface area (Å²) in [6, 6.07) is 8.10. The Balaban J connectivity index is 2.04. The van der Waals surface area contributed by atoms with Gasteiger partial charge in [0.2, 0.25) is 0 Å². The third kappa shape index (κ3) is 2.28. The van der Waals surface area contributed by atoms with Crippen LogP contribution < -0.4 is 5.73 Å². The van der Waals surface area contributed by atoms with Crippen molar-refractivity contribution in [1.82, 2.24) is 4.98 Å². The first-order chi connectivity index (χ1) is 7.25. The predicted octanol–water partition coefficient (Wildman–Crippen LogP) is 1.81. The molecular formula is C11H12N2O2. The second-order valence-corrected chi connectivity index (χ2v) is 3.32. The van der Waals surface area contributed by atoms with E-state index in [2.05, 4.69) is 9.72 Å². The number of primary amides is 1. The number of carbonyl (C=O) groups excluding carboxylic acids is 1. The molecule has 0 saturated carbocycles. The van der Waals surface area contributed by atoms with Crippen molar-refractivity contribution < 1.29 is 9.53 Å². The molecule has 15 heavy (non-hydrogen) atoms. The number of nitrogens with one attached hydrogen (secondary N) is 1. The number of aromatic amines is 1. The van der Waals surface area contributed by atoms with Gasteiger partial charge in [0.1, 0.15) is 0 Å². The molecular weight excluding hydrogens is 192 g/mol. The molecule has 0 spiro atoms. The molecule has 1 heterocycles. The van der Waals surface area contributed by atoms with Gasteiger partial charge < -0.3 is 15.5 Å². The van der Waals surface area contributed by atoms with Gasteiger partial charge in [-0.05, 0) is 23.1 Å². The van der Waals surface area contributed by atoms with Crippen LogP contribution in [0.2, 0.25) is 0 Å². The van der Waals surface area contributed by atoms with E-state index in [1.807, 2.05) is 30.5 Å². The zero-order valence-corrected chi connectivity index (χ0v) is 8.19. The Bertz CT molecular complexity index is 476. The molecule has 0 radical (unpaired) electrons. The van der Waals surface area contributed by atoms with Crippen molar-refractivity contribution in [2.24, 2.45) is 5.73 Å². The van der Waals surface area contributed by atoms with E-state index in [9.17, 15) is 4.79 Å². The van der Waals surface area contributed by atoms with Crippen molar-refractivity contribution in [2.75, 3.05) is 6.61 Å². The number of H-pyrrole nitrogens is 1. The van der Waals surface area contributed by atoms with Crippen LogP contribution in [-0.2, 0) is 11.2 Å². The Morgan fingerprint density at radius 1 is 1.40 bits per heavy atom. The number of carbonyl (C=O) groups is 1. The number of hydrogen-bond acceptors (Lipinski definition) is 2. The average Bonchev–Trinajstić information content (AvgIpc) is 2.64. The number of ether oxygens (including phenoxy) is 1. The van der Waals surface area contributed by atoms with Gasteiger partial charge in [0.25, 0.3) is 0 Å². The predicted molar refractivity (Wildman–Crippen MR) is 57.5 cm³/mol. The molecule has 0 atom stereocenters. The maximum atomic E-state index is 10.4. The fourth-order valence-corrected chi connectivity index (χ4v) is 1.52. The molecule has 0 aliphatic heterocycles. The molecule has 2 rings (SSSR count). The summed E-state index contributed by atoms with van der Waals surface area (Å²) in [6.45, 7) is 0.321. The molecule has 0 aliphatic carbocycles. The molecule has 0 fully saturated rings. The maximum absolute atomic E-state index is 10.4. The van der Waals surface area contributed by atoms with Gasteiger partial charge >= 0.3 is 6.09 Å². The number of hydrogen-bond donors (Lipinski definition) is 2. The highest BCUT2D eigenvalue weighted by Gasteiger charge is 1.99. The molecule has 2 aromatic rings. The number of amides is 1. The average molecular weight is 204 g/mol. The summed E-state index contributed by atoms with van der Waals surface area (Å²) >= 11 is 0. The highest BCUT2D eigenvalue weighted by Crippen LogP contribution is 2.14. The van der Waals surface area contributed by atoms with Crippen molar-refractivity contribution >= 4 is 17.0 Å². The number of nitrogens with two attached hydrogens (primary N) is 1. The largest absolute Gasteiger partial charge is 0.449 e. The van der Waals surface area contributed by atoms with Crippen LogP contribution in [0.4, 0.5) is 4.79 Å². The van der Waals surface area contributed by atoms with Crippen LogP contribution in [-0.4, -0.2) is 17.7 Å². The second kappa shape index (κ2) is 4.04. The molecule has 0 bridgehead atoms. The summed E-state index contributed by atoms with van der Waals surface area (Å²) in [5.41, 5.74) is 7.07. The van der Waals surface area contributed by atoms with Crippen molar-refractivity contribution in [1.29, 1.82) is 0 Å². The molecule has 1 amide bonds. The Morgan fingerprint density at radius 2 is 2.27 bits per heavy atom. The second-order valence-electron chi connectivity index (χ2n) is 3.32. The normalized spacial score (nSPS) is 10.4. The minimum atomic E-state index is -0.726. The third-order valence-corrected chi connectivity index (χ3v) is 2.25. The Hall–Kier alpha value is -1.97. The molecule has 0 unspecified atom stereocenters. The Morgan fingerprint density at radius 3 is 3.07 bits per heavy atom. The topological polar surface area (TPSA) is 68.1 Å². The van der Waals surface area contributed by atoms with Crippen LogP contribution in [0.25, 0.3) is 10.9 Å². The van der Waals surface area contributed by atoms with Gasteiger partial charge in [-0.1, -0.05) is 12.1 Å². The molecule has 0 aliphatic rings. The van der Waals surface area contributed by atoms with E-state index in [0.717, 1.165) is 11.1 Å². The van der Waals surface area contributed by atoms with E-state index in [0.29, 0.717) is 13.0 Å². The van der Waals surface area contributed by atoms with Crippen molar-refractivity contribution in [3.05, 3.63) is 36.0 Å². The Labute approximate surface area is 87.0 Å². The van der Waals surface area contributed by atoms with Crippen molar-refractivity contribution in [3.8, 4) is 0 Å². The molecule has 1 aromatic carbocycles. The van der Waals surface area contributed by atoms with Crippen LogP contribution in [0.1, 0.15) is 5.56 Å². The van der Waals surface area contributed by atoms with Gasteiger partial charge in [-0.25, -0.2) is 4.79 Å². The van der Waals surface area contributed by atoms with Gasteiger partial charge in [0, 0.05) is 18.1 Å². The van der Waals surface area contributed by atoms with E-state index >= 15 is 0 Å². The standard InChI is InChI=1S/C11H12N2O2/c12-11(14)15-6-4-8-1-2-9-3-5-13-10(9)7-8/h1-3,5,7,13H,4,6H2,(H2,12,14). The maximum Gasteiger partial charge on any atom is 0.404 e. The van der Waals surface area contributed by atoms with Crippen LogP contribution in [0, 0.1) is 0 Å². The zero-order chi connectivity index (χ0) is 10.7. The summed E-state index contributed by atoms with van der Waals surface area (Å²) in [5.74, 6) is 0. The fourth-order valence-electron chi connectivity index (χ4n) is 1.52. The monoisotopic (exact) mass is 204 g/mol. The lowest BCUT2D eigenvalue weighted by Crippen LogP contribution is -2.14. The number of rotatable bonds is 3. The smallest absolute Gasteiger partial charge is 0.404 e. The molecule has 3 N–H and O–H groups in total. The first kappa shape index (κ1) is 9.58. The van der Waals surface area contributed by atoms with E-state index < -0.39 is 6.09 Å². The summed E-state index contributed by atoms with van der Waals surface area (Å²) < 4.78 is 4.67. The number of fused-ring (bicyclic) bond motifs is 1. The summed E-state index contributed by atoms with van der Waals surface area (Å²) in [5, 5.41) is 1.18. The van der Waals surface area contributed by atoms with E-state index in [1.165, 1.54) is 5.39 Å². The van der Waals surface area contributed by atoms with Gasteiger partial charge in [0.05, 0.1) is 6.61 Å². The van der Waals surface area contributed by atoms with Gasteiger partial charge in [-0.15, -0.1) is 0 Å². The lowest BCUT2D eigenvalue weighted by atomic mass is 10.1. The summed E-state index contributed by atoms with van der Waals surface area (Å²) in [4.78, 5) is 13.5. The van der Waals surface area contributed by atoms with E-state index in [4.69, 9.17) is 5.73 Å². The van der Waals surface area contributed by atoms with Gasteiger partial charge in [-0.2, -0.15) is 0 Å². The van der Waals surface area contributed by atoms with E-state index in [-0.39, 0.29) is 0 Å². The van der Waals surface area contributed by atoms with Crippen LogP contribution in [0.15, 0.2) is 30.5 Å². The Kier molecular flexibility index (Phi) is 2.58. The van der Waals surface area contributed by atoms with Crippen molar-refractivity contribution in [3.63, 3.8) is 0 Å². The molecule has 4 heteroatoms. The van der Waals surface area contributed by atoms with Crippen LogP contribution in [0.3, 0.4) is 0 Å². The SMILES string of the molecule is NC(=O)OCCc1ccc2cc[nH]c2c1. The lowest BCUT2D eigenvalue weighted by molar-refractivity contribution is 0.158. The quantitative estimate of drug-likeness (QED) is 0.800. The first-order valence-corrected chi connectivity index (χ1v) is 4.74. The van der Waals surface area contributed by atoms with Crippen LogP contribution in [0.5, 0.6) is 0 Å². The molecule has 4 nitrogen and oxygen atoms in total. The summed E-state index contributed by atoms with van der Waals surface area (Å²) in [7, 11) is 0. The first-order valence-electron chi connectivity index (χ1n) is 4.74. The number of aromatic nitrogens is 1. The molecule has 0 saturated heterocycles. The lowest BCUT2D eigenvalue weighted by Gasteiger charge is -2.02. The zero-order valence-electron chi connectivity index (χ0n) is 8.19. The summed E-state index contributed by atoms with van der Waals surface area (Å²) in [6.07, 6.45) is 1.85. The van der Waals surface area contributed by atoms with Gasteiger partial charge in [-0.3, -0.25) is 0 Å².